The van der Waals surface area contributed by atoms with Crippen molar-refractivity contribution in [1.82, 2.24) is 0 Å². The average Bonchev–Trinajstić information content (AvgIpc) is 2.25. The van der Waals surface area contributed by atoms with E-state index in [1.165, 1.54) is 7.11 Å². The van der Waals surface area contributed by atoms with Crippen molar-refractivity contribution in [3.05, 3.63) is 18.2 Å². The van der Waals surface area contributed by atoms with Gasteiger partial charge in [-0.05, 0) is 18.2 Å². The molecule has 0 aliphatic heterocycles. The van der Waals surface area contributed by atoms with E-state index in [1.54, 1.807) is 18.2 Å². The Balaban J connectivity index is 2.88. The van der Waals surface area contributed by atoms with Gasteiger partial charge in [0.25, 0.3) is 0 Å². The summed E-state index contributed by atoms with van der Waals surface area (Å²) in [6.07, 6.45) is 1.11. The van der Waals surface area contributed by atoms with Gasteiger partial charge in [-0.2, -0.15) is 0 Å². The minimum absolute atomic E-state index is 0.0379. The molecule has 0 fully saturated rings. The van der Waals surface area contributed by atoms with E-state index in [9.17, 15) is 12.6 Å². The Morgan fingerprint density at radius 1 is 1.41 bits per heavy atom. The van der Waals surface area contributed by atoms with Crippen LogP contribution >= 0.6 is 0 Å². The van der Waals surface area contributed by atoms with E-state index in [-0.39, 0.29) is 11.5 Å². The average molecular weight is 277 g/mol. The van der Waals surface area contributed by atoms with Crippen molar-refractivity contribution < 1.29 is 17.4 Å². The molecule has 5 nitrogen and oxygen atoms in total. The molecule has 0 aliphatic carbocycles. The van der Waals surface area contributed by atoms with Crippen LogP contribution in [-0.4, -0.2) is 37.5 Å². The van der Waals surface area contributed by atoms with Gasteiger partial charge in [0.2, 0.25) is 0 Å². The lowest BCUT2D eigenvalue weighted by atomic mass is 10.3. The molecule has 96 valence electrons. The Kier molecular flexibility index (Phi) is 4.53. The topological polar surface area (TPSA) is 86.5 Å². The van der Waals surface area contributed by atoms with Crippen LogP contribution in [0.2, 0.25) is 0 Å². The molecule has 0 spiro atoms. The highest BCUT2D eigenvalue weighted by Gasteiger charge is 2.12. The molecule has 17 heavy (non-hydrogen) atoms. The van der Waals surface area contributed by atoms with Crippen LogP contribution in [0.4, 0.5) is 5.69 Å². The van der Waals surface area contributed by atoms with Gasteiger partial charge in [0, 0.05) is 17.7 Å². The third kappa shape index (κ3) is 4.35. The number of rotatable bonds is 5. The van der Waals surface area contributed by atoms with Gasteiger partial charge in [-0.1, -0.05) is 0 Å². The second-order valence-corrected chi connectivity index (χ2v) is 7.38. The summed E-state index contributed by atoms with van der Waals surface area (Å²) in [5, 5.41) is 0. The molecular weight excluding hydrogens is 262 g/mol. The predicted molar refractivity (Wildman–Crippen MR) is 68.4 cm³/mol. The summed E-state index contributed by atoms with van der Waals surface area (Å²) in [7, 11) is -3.06. The highest BCUT2D eigenvalue weighted by Crippen LogP contribution is 2.22. The zero-order valence-electron chi connectivity index (χ0n) is 9.67. The zero-order valence-corrected chi connectivity index (χ0v) is 11.3. The third-order valence-electron chi connectivity index (χ3n) is 2.11. The Morgan fingerprint density at radius 3 is 2.59 bits per heavy atom. The molecule has 0 bridgehead atoms. The molecule has 0 aliphatic rings. The first kappa shape index (κ1) is 14.0. The lowest BCUT2D eigenvalue weighted by molar-refractivity contribution is 0.413. The smallest absolute Gasteiger partial charge is 0.148 e. The Bertz CT molecular complexity index is 525. The van der Waals surface area contributed by atoms with E-state index in [2.05, 4.69) is 0 Å². The maximum atomic E-state index is 11.9. The normalized spacial score (nSPS) is 13.3. The standard InChI is InChI=1S/C10H15NO4S2/c1-15-8-3-4-9(11)10(7-8)16(12)5-6-17(2,13)14/h3-4,7H,5-6,11H2,1-2H3. The quantitative estimate of drug-likeness (QED) is 0.789. The van der Waals surface area contributed by atoms with Gasteiger partial charge in [-0.15, -0.1) is 0 Å². The molecular formula is C10H15NO4S2. The number of anilines is 1. The summed E-state index contributed by atoms with van der Waals surface area (Å²) in [6, 6.07) is 4.81. The maximum absolute atomic E-state index is 11.9. The number of nitrogen functional groups attached to an aromatic ring is 1. The van der Waals surface area contributed by atoms with E-state index in [4.69, 9.17) is 10.5 Å². The molecule has 1 aromatic rings. The fourth-order valence-electron chi connectivity index (χ4n) is 1.18. The van der Waals surface area contributed by atoms with Crippen LogP contribution in [0, 0.1) is 0 Å². The van der Waals surface area contributed by atoms with Gasteiger partial charge in [-0.3, -0.25) is 4.21 Å². The number of sulfone groups is 1. The maximum Gasteiger partial charge on any atom is 0.148 e. The van der Waals surface area contributed by atoms with E-state index < -0.39 is 20.6 Å². The first-order valence-corrected chi connectivity index (χ1v) is 8.21. The van der Waals surface area contributed by atoms with Crippen LogP contribution in [0.25, 0.3) is 0 Å². The molecule has 7 heteroatoms. The van der Waals surface area contributed by atoms with Crippen LogP contribution in [-0.2, 0) is 20.6 Å². The largest absolute Gasteiger partial charge is 0.497 e. The summed E-state index contributed by atoms with van der Waals surface area (Å²) in [6.45, 7) is 0. The lowest BCUT2D eigenvalue weighted by Crippen LogP contribution is -2.12. The fraction of sp³-hybridized carbons (Fsp3) is 0.400. The molecule has 0 saturated carbocycles. The van der Waals surface area contributed by atoms with Crippen molar-refractivity contribution in [1.29, 1.82) is 0 Å². The van der Waals surface area contributed by atoms with Gasteiger partial charge >= 0.3 is 0 Å². The van der Waals surface area contributed by atoms with Crippen LogP contribution in [0.15, 0.2) is 23.1 Å². The molecule has 1 aromatic carbocycles. The molecule has 0 aromatic heterocycles. The van der Waals surface area contributed by atoms with Crippen LogP contribution in [0.5, 0.6) is 5.75 Å². The van der Waals surface area contributed by atoms with E-state index in [1.807, 2.05) is 0 Å². The van der Waals surface area contributed by atoms with Crippen LogP contribution < -0.4 is 10.5 Å². The van der Waals surface area contributed by atoms with Crippen LogP contribution in [0.3, 0.4) is 0 Å². The molecule has 0 radical (unpaired) electrons. The molecule has 0 heterocycles. The monoisotopic (exact) mass is 277 g/mol. The predicted octanol–water partition coefficient (Wildman–Crippen LogP) is 0.430. The van der Waals surface area contributed by atoms with Crippen molar-refractivity contribution >= 4 is 26.3 Å². The molecule has 0 saturated heterocycles. The minimum atomic E-state index is -3.12. The number of hydrogen-bond donors (Lipinski definition) is 1. The van der Waals surface area contributed by atoms with Gasteiger partial charge in [-0.25, -0.2) is 8.42 Å². The number of benzene rings is 1. The minimum Gasteiger partial charge on any atom is -0.497 e. The summed E-state index contributed by atoms with van der Waals surface area (Å²) < 4.78 is 38.9. The highest BCUT2D eigenvalue weighted by atomic mass is 32.2. The second kappa shape index (κ2) is 5.50. The highest BCUT2D eigenvalue weighted by molar-refractivity contribution is 7.92. The van der Waals surface area contributed by atoms with Crippen molar-refractivity contribution in [3.8, 4) is 5.75 Å². The number of methoxy groups -OCH3 is 1. The first-order valence-electron chi connectivity index (χ1n) is 4.83. The molecule has 1 unspecified atom stereocenters. The van der Waals surface area contributed by atoms with Crippen molar-refractivity contribution in [2.24, 2.45) is 0 Å². The third-order valence-corrected chi connectivity index (χ3v) is 4.73. The van der Waals surface area contributed by atoms with Crippen LogP contribution in [0.1, 0.15) is 0 Å². The number of nitrogens with two attached hydrogens (primary N) is 1. The van der Waals surface area contributed by atoms with Crippen molar-refractivity contribution in [2.75, 3.05) is 30.6 Å². The Morgan fingerprint density at radius 2 is 2.06 bits per heavy atom. The van der Waals surface area contributed by atoms with E-state index in [0.29, 0.717) is 16.3 Å². The summed E-state index contributed by atoms with van der Waals surface area (Å²) in [5.41, 5.74) is 6.06. The fourth-order valence-corrected chi connectivity index (χ4v) is 3.79. The molecule has 0 amide bonds. The summed E-state index contributed by atoms with van der Waals surface area (Å²) in [4.78, 5) is 0.410. The van der Waals surface area contributed by atoms with Crippen molar-refractivity contribution in [3.63, 3.8) is 0 Å². The summed E-state index contributed by atoms with van der Waals surface area (Å²) >= 11 is 0. The molecule has 2 N–H and O–H groups in total. The molecule has 1 rings (SSSR count). The van der Waals surface area contributed by atoms with Gasteiger partial charge in [0.05, 0.1) is 28.6 Å². The summed E-state index contributed by atoms with van der Waals surface area (Å²) in [5.74, 6) is 0.453. The Hall–Kier alpha value is -1.08. The molecule has 1 atom stereocenters. The second-order valence-electron chi connectivity index (χ2n) is 3.58. The number of hydrogen-bond acceptors (Lipinski definition) is 5. The van der Waals surface area contributed by atoms with E-state index in [0.717, 1.165) is 6.26 Å². The first-order chi connectivity index (χ1) is 7.83. The van der Waals surface area contributed by atoms with Crippen molar-refractivity contribution in [2.45, 2.75) is 4.90 Å². The zero-order chi connectivity index (χ0) is 13.1. The van der Waals surface area contributed by atoms with Gasteiger partial charge < -0.3 is 10.5 Å². The lowest BCUT2D eigenvalue weighted by Gasteiger charge is -2.07. The number of ether oxygens (including phenoxy) is 1. The Labute approximate surface area is 103 Å². The van der Waals surface area contributed by atoms with E-state index >= 15 is 0 Å². The SMILES string of the molecule is COc1ccc(N)c(S(=O)CCS(C)(=O)=O)c1. The van der Waals surface area contributed by atoms with Gasteiger partial charge in [0.1, 0.15) is 15.6 Å². The van der Waals surface area contributed by atoms with Gasteiger partial charge in [0.15, 0.2) is 0 Å².